The van der Waals surface area contributed by atoms with Crippen LogP contribution in [0.4, 0.5) is 0 Å². The number of hydrogen-bond acceptors (Lipinski definition) is 1. The van der Waals surface area contributed by atoms with E-state index < -0.39 is 0 Å². The molecule has 1 aliphatic rings. The summed E-state index contributed by atoms with van der Waals surface area (Å²) in [5.74, 6) is 1.12. The molecule has 3 nitrogen and oxygen atoms in total. The largest absolute Gasteiger partial charge is 0.290 e. The van der Waals surface area contributed by atoms with E-state index in [-0.39, 0.29) is 0 Å². The molecule has 0 radical (unpaired) electrons. The average molecular weight is 388 g/mol. The molecule has 0 bridgehead atoms. The van der Waals surface area contributed by atoms with Gasteiger partial charge < -0.3 is 0 Å². The summed E-state index contributed by atoms with van der Waals surface area (Å²) < 4.78 is 4.56. The van der Waals surface area contributed by atoms with E-state index in [1.807, 2.05) is 0 Å². The Morgan fingerprint density at radius 2 is 1.67 bits per heavy atom. The molecule has 0 saturated carbocycles. The second kappa shape index (κ2) is 6.39. The lowest BCUT2D eigenvalue weighted by molar-refractivity contribution is -0.660. The van der Waals surface area contributed by atoms with Crippen molar-refractivity contribution in [1.82, 2.24) is 9.55 Å². The Hall–Kier alpha value is -3.72. The molecule has 0 saturated heterocycles. The molecular formula is C27H22N3+. The zero-order valence-corrected chi connectivity index (χ0v) is 17.1. The first-order valence-electron chi connectivity index (χ1n) is 10.3. The van der Waals surface area contributed by atoms with Crippen molar-refractivity contribution >= 4 is 11.0 Å². The maximum Gasteiger partial charge on any atom is 0.212 e. The predicted octanol–water partition coefficient (Wildman–Crippen LogP) is 5.40. The minimum absolute atomic E-state index is 0.870. The van der Waals surface area contributed by atoms with Crippen molar-refractivity contribution in [3.63, 3.8) is 0 Å². The summed E-state index contributed by atoms with van der Waals surface area (Å²) in [6, 6.07) is 28.1. The van der Waals surface area contributed by atoms with Crippen LogP contribution in [0, 0.1) is 6.92 Å². The fourth-order valence-corrected chi connectivity index (χ4v) is 4.63. The van der Waals surface area contributed by atoms with Crippen molar-refractivity contribution in [3.8, 4) is 28.1 Å². The maximum absolute atomic E-state index is 4.87. The summed E-state index contributed by atoms with van der Waals surface area (Å²) in [5, 5.41) is 0. The zero-order valence-electron chi connectivity index (χ0n) is 17.1. The smallest absolute Gasteiger partial charge is 0.212 e. The maximum atomic E-state index is 4.87. The van der Waals surface area contributed by atoms with Crippen LogP contribution in [-0.4, -0.2) is 9.55 Å². The van der Waals surface area contributed by atoms with Gasteiger partial charge in [0.25, 0.3) is 0 Å². The molecule has 0 aliphatic carbocycles. The first kappa shape index (κ1) is 17.2. The second-order valence-corrected chi connectivity index (χ2v) is 8.10. The summed E-state index contributed by atoms with van der Waals surface area (Å²) in [4.78, 5) is 4.87. The van der Waals surface area contributed by atoms with E-state index in [0.29, 0.717) is 0 Å². The van der Waals surface area contributed by atoms with Crippen LogP contribution in [-0.2, 0) is 13.5 Å². The number of hydrogen-bond donors (Lipinski definition) is 0. The number of fused-ring (bicyclic) bond motifs is 5. The van der Waals surface area contributed by atoms with Gasteiger partial charge >= 0.3 is 0 Å². The van der Waals surface area contributed by atoms with E-state index in [1.54, 1.807) is 0 Å². The van der Waals surface area contributed by atoms with Crippen molar-refractivity contribution in [2.45, 2.75) is 13.3 Å². The molecule has 3 aromatic carbocycles. The second-order valence-electron chi connectivity index (χ2n) is 8.10. The van der Waals surface area contributed by atoms with Crippen LogP contribution < -0.4 is 4.57 Å². The van der Waals surface area contributed by atoms with E-state index in [0.717, 1.165) is 17.8 Å². The third-order valence-electron chi connectivity index (χ3n) is 6.18. The third-order valence-corrected chi connectivity index (χ3v) is 6.18. The number of aryl methyl sites for hydroxylation is 2. The van der Waals surface area contributed by atoms with Crippen LogP contribution in [0.15, 0.2) is 85.1 Å². The average Bonchev–Trinajstić information content (AvgIpc) is 3.30. The third kappa shape index (κ3) is 2.52. The van der Waals surface area contributed by atoms with Gasteiger partial charge in [-0.05, 0) is 47.4 Å². The van der Waals surface area contributed by atoms with Gasteiger partial charge in [0, 0.05) is 18.1 Å². The van der Waals surface area contributed by atoms with Crippen LogP contribution in [0.5, 0.6) is 0 Å². The number of benzene rings is 3. The van der Waals surface area contributed by atoms with Crippen molar-refractivity contribution in [3.05, 3.63) is 102 Å². The zero-order chi connectivity index (χ0) is 20.2. The fraction of sp³-hybridized carbons (Fsp3) is 0.111. The molecule has 0 spiro atoms. The molecule has 3 heteroatoms. The summed E-state index contributed by atoms with van der Waals surface area (Å²) in [6.07, 6.45) is 3.12. The van der Waals surface area contributed by atoms with Gasteiger partial charge in [0.05, 0.1) is 11.0 Å². The molecule has 3 heterocycles. The van der Waals surface area contributed by atoms with Crippen molar-refractivity contribution < 1.29 is 4.57 Å². The SMILES string of the molecule is Cc1ccc(-c2ccccc2)cc1-c1cc2c(c[n+]1C)-n1c(nc3ccccc31)C2. The van der Waals surface area contributed by atoms with Crippen LogP contribution >= 0.6 is 0 Å². The molecule has 0 unspecified atom stereocenters. The minimum atomic E-state index is 0.870. The van der Waals surface area contributed by atoms with Gasteiger partial charge in [-0.25, -0.2) is 4.98 Å². The minimum Gasteiger partial charge on any atom is -0.290 e. The molecule has 0 atom stereocenters. The van der Waals surface area contributed by atoms with Gasteiger partial charge in [-0.1, -0.05) is 54.6 Å². The highest BCUT2D eigenvalue weighted by Gasteiger charge is 2.27. The van der Waals surface area contributed by atoms with Gasteiger partial charge in [-0.2, -0.15) is 4.57 Å². The number of aromatic nitrogens is 3. The molecule has 6 rings (SSSR count). The number of para-hydroxylation sites is 2. The molecular weight excluding hydrogens is 366 g/mol. The highest BCUT2D eigenvalue weighted by Crippen LogP contribution is 2.34. The molecule has 0 N–H and O–H groups in total. The van der Waals surface area contributed by atoms with Gasteiger partial charge in [-0.3, -0.25) is 4.57 Å². The first-order chi connectivity index (χ1) is 14.7. The van der Waals surface area contributed by atoms with Gasteiger partial charge in [0.1, 0.15) is 18.6 Å². The Labute approximate surface area is 175 Å². The number of pyridine rings is 1. The van der Waals surface area contributed by atoms with E-state index in [2.05, 4.69) is 108 Å². The fourth-order valence-electron chi connectivity index (χ4n) is 4.63. The molecule has 1 aliphatic heterocycles. The Balaban J connectivity index is 1.51. The Morgan fingerprint density at radius 3 is 2.53 bits per heavy atom. The molecule has 144 valence electrons. The Morgan fingerprint density at radius 1 is 0.867 bits per heavy atom. The normalized spacial score (nSPS) is 12.2. The highest BCUT2D eigenvalue weighted by atomic mass is 15.1. The number of nitrogens with zero attached hydrogens (tertiary/aromatic N) is 3. The standard InChI is InChI=1S/C27H22N3/c1-18-12-13-20(19-8-4-3-5-9-19)14-22(18)25-15-21-16-27-28-23-10-6-7-11-24(23)30(27)26(21)17-29(25)2/h3-15,17H,16H2,1-2H3/q+1. The Kier molecular flexibility index (Phi) is 3.66. The predicted molar refractivity (Wildman–Crippen MR) is 121 cm³/mol. The summed E-state index contributed by atoms with van der Waals surface area (Å²) >= 11 is 0. The lowest BCUT2D eigenvalue weighted by Gasteiger charge is -2.10. The Bertz CT molecular complexity index is 1430. The van der Waals surface area contributed by atoms with Crippen LogP contribution in [0.1, 0.15) is 17.0 Å². The van der Waals surface area contributed by atoms with E-state index in [9.17, 15) is 0 Å². The van der Waals surface area contributed by atoms with E-state index in [4.69, 9.17) is 4.98 Å². The molecule has 30 heavy (non-hydrogen) atoms. The monoisotopic (exact) mass is 388 g/mol. The van der Waals surface area contributed by atoms with Gasteiger partial charge in [0.2, 0.25) is 5.69 Å². The van der Waals surface area contributed by atoms with Crippen molar-refractivity contribution in [2.24, 2.45) is 7.05 Å². The van der Waals surface area contributed by atoms with Crippen molar-refractivity contribution in [2.75, 3.05) is 0 Å². The summed E-state index contributed by atoms with van der Waals surface area (Å²) in [6.45, 7) is 2.19. The summed E-state index contributed by atoms with van der Waals surface area (Å²) in [5.41, 5.74) is 11.1. The lowest BCUT2D eigenvalue weighted by Crippen LogP contribution is -2.31. The van der Waals surface area contributed by atoms with Crippen LogP contribution in [0.3, 0.4) is 0 Å². The first-order valence-corrected chi connectivity index (χ1v) is 10.3. The van der Waals surface area contributed by atoms with Gasteiger partial charge in [0.15, 0.2) is 6.20 Å². The molecule has 0 fully saturated rings. The lowest BCUT2D eigenvalue weighted by atomic mass is 9.96. The molecule has 5 aromatic rings. The van der Waals surface area contributed by atoms with Crippen LogP contribution in [0.2, 0.25) is 0 Å². The van der Waals surface area contributed by atoms with Crippen molar-refractivity contribution in [1.29, 1.82) is 0 Å². The quantitative estimate of drug-likeness (QED) is 0.364. The number of rotatable bonds is 2. The molecule has 0 amide bonds. The highest BCUT2D eigenvalue weighted by molar-refractivity contribution is 5.80. The van der Waals surface area contributed by atoms with Gasteiger partial charge in [-0.15, -0.1) is 0 Å². The molecule has 2 aromatic heterocycles. The van der Waals surface area contributed by atoms with E-state index in [1.165, 1.54) is 44.7 Å². The summed E-state index contributed by atoms with van der Waals surface area (Å²) in [7, 11) is 2.14. The van der Waals surface area contributed by atoms with E-state index >= 15 is 0 Å². The van der Waals surface area contributed by atoms with Crippen LogP contribution in [0.25, 0.3) is 39.1 Å². The topological polar surface area (TPSA) is 21.7 Å². The number of imidazole rings is 1.